The van der Waals surface area contributed by atoms with Gasteiger partial charge < -0.3 is 19.9 Å². The van der Waals surface area contributed by atoms with Crippen LogP contribution in [0.4, 0.5) is 0 Å². The first-order valence-electron chi connectivity index (χ1n) is 10.1. The molecule has 7 heteroatoms. The average Bonchev–Trinajstić information content (AvgIpc) is 3.23. The number of rotatable bonds is 8. The van der Waals surface area contributed by atoms with E-state index in [1.54, 1.807) is 17.0 Å². The van der Waals surface area contributed by atoms with E-state index in [1.165, 1.54) is 0 Å². The first-order valence-corrected chi connectivity index (χ1v) is 10.9. The summed E-state index contributed by atoms with van der Waals surface area (Å²) in [7, 11) is 4.01. The van der Waals surface area contributed by atoms with Gasteiger partial charge in [0, 0.05) is 29.7 Å². The molecule has 0 aliphatic carbocycles. The maximum atomic E-state index is 12.8. The lowest BCUT2D eigenvalue weighted by molar-refractivity contribution is -0.125. The lowest BCUT2D eigenvalue weighted by atomic mass is 10.1. The third kappa shape index (κ3) is 6.06. The van der Waals surface area contributed by atoms with E-state index in [0.717, 1.165) is 28.8 Å². The highest BCUT2D eigenvalue weighted by molar-refractivity contribution is 9.10. The minimum absolute atomic E-state index is 0.0978. The number of hydrogen-bond donors (Lipinski definition) is 1. The Morgan fingerprint density at radius 2 is 1.83 bits per heavy atom. The Hall–Kier alpha value is -2.38. The van der Waals surface area contributed by atoms with Crippen LogP contribution in [0, 0.1) is 0 Å². The molecule has 3 rings (SSSR count). The number of ether oxygens (including phenoxy) is 1. The number of hydrogen-bond acceptors (Lipinski definition) is 4. The van der Waals surface area contributed by atoms with Gasteiger partial charge in [0.1, 0.15) is 18.4 Å². The third-order valence-electron chi connectivity index (χ3n) is 5.10. The summed E-state index contributed by atoms with van der Waals surface area (Å²) in [6.07, 6.45) is 1.52. The lowest BCUT2D eigenvalue weighted by Crippen LogP contribution is -2.45. The van der Waals surface area contributed by atoms with Crippen molar-refractivity contribution in [1.29, 1.82) is 0 Å². The monoisotopic (exact) mass is 473 g/mol. The third-order valence-corrected chi connectivity index (χ3v) is 5.63. The van der Waals surface area contributed by atoms with Gasteiger partial charge in [-0.2, -0.15) is 0 Å². The number of nitrogens with one attached hydrogen (secondary N) is 1. The molecule has 1 heterocycles. The predicted octanol–water partition coefficient (Wildman–Crippen LogP) is 3.31. The number of benzene rings is 2. The van der Waals surface area contributed by atoms with Crippen LogP contribution in [0.15, 0.2) is 53.0 Å². The standard InChI is InChI=1S/C23H28BrN3O3/c1-26(2)14-15-30-20-11-5-17(6-12-20)16-25-22(28)21-4-3-13-27(21)23(29)18-7-9-19(24)10-8-18/h5-12,21H,3-4,13-16H2,1-2H3,(H,25,28). The molecule has 1 fully saturated rings. The fourth-order valence-electron chi connectivity index (χ4n) is 3.40. The minimum Gasteiger partial charge on any atom is -0.492 e. The van der Waals surface area contributed by atoms with Crippen LogP contribution in [0.25, 0.3) is 0 Å². The van der Waals surface area contributed by atoms with Gasteiger partial charge in [-0.15, -0.1) is 0 Å². The largest absolute Gasteiger partial charge is 0.492 e. The van der Waals surface area contributed by atoms with E-state index in [9.17, 15) is 9.59 Å². The van der Waals surface area contributed by atoms with E-state index in [4.69, 9.17) is 4.74 Å². The highest BCUT2D eigenvalue weighted by Gasteiger charge is 2.34. The molecule has 0 aromatic heterocycles. The van der Waals surface area contributed by atoms with Gasteiger partial charge in [0.25, 0.3) is 5.91 Å². The van der Waals surface area contributed by atoms with Crippen LogP contribution in [0.5, 0.6) is 5.75 Å². The number of likely N-dealkylation sites (N-methyl/N-ethyl adjacent to an activating group) is 1. The number of halogens is 1. The summed E-state index contributed by atoms with van der Waals surface area (Å²) in [6.45, 7) is 2.52. The van der Waals surface area contributed by atoms with E-state index in [1.807, 2.05) is 50.5 Å². The topological polar surface area (TPSA) is 61.9 Å². The van der Waals surface area contributed by atoms with Crippen molar-refractivity contribution in [1.82, 2.24) is 15.1 Å². The van der Waals surface area contributed by atoms with Gasteiger partial charge in [0.2, 0.25) is 5.91 Å². The summed E-state index contributed by atoms with van der Waals surface area (Å²) >= 11 is 3.38. The molecule has 6 nitrogen and oxygen atoms in total. The first-order chi connectivity index (χ1) is 14.4. The number of likely N-dealkylation sites (tertiary alicyclic amines) is 1. The highest BCUT2D eigenvalue weighted by Crippen LogP contribution is 2.21. The Balaban J connectivity index is 1.52. The molecule has 2 amide bonds. The second kappa shape index (κ2) is 10.6. The van der Waals surface area contributed by atoms with Crippen LogP contribution >= 0.6 is 15.9 Å². The van der Waals surface area contributed by atoms with Crippen molar-refractivity contribution in [3.63, 3.8) is 0 Å². The summed E-state index contributed by atoms with van der Waals surface area (Å²) in [5, 5.41) is 2.98. The van der Waals surface area contributed by atoms with Crippen LogP contribution in [-0.2, 0) is 11.3 Å². The van der Waals surface area contributed by atoms with Gasteiger partial charge in [0.15, 0.2) is 0 Å². The van der Waals surface area contributed by atoms with Crippen LogP contribution in [0.2, 0.25) is 0 Å². The van der Waals surface area contributed by atoms with E-state index in [2.05, 4.69) is 26.1 Å². The molecular formula is C23H28BrN3O3. The Labute approximate surface area is 186 Å². The second-order valence-electron chi connectivity index (χ2n) is 7.68. The zero-order valence-corrected chi connectivity index (χ0v) is 19.0. The molecule has 2 aromatic carbocycles. The Morgan fingerprint density at radius 3 is 2.50 bits per heavy atom. The molecular weight excluding hydrogens is 446 g/mol. The number of amides is 2. The van der Waals surface area contributed by atoms with Crippen molar-refractivity contribution in [2.75, 3.05) is 33.8 Å². The van der Waals surface area contributed by atoms with E-state index in [0.29, 0.717) is 31.7 Å². The quantitative estimate of drug-likeness (QED) is 0.638. The van der Waals surface area contributed by atoms with Crippen molar-refractivity contribution in [3.05, 3.63) is 64.1 Å². The molecule has 1 aliphatic rings. The zero-order valence-electron chi connectivity index (χ0n) is 17.4. The van der Waals surface area contributed by atoms with Crippen LogP contribution in [0.1, 0.15) is 28.8 Å². The van der Waals surface area contributed by atoms with Gasteiger partial charge in [-0.25, -0.2) is 0 Å². The zero-order chi connectivity index (χ0) is 21.5. The van der Waals surface area contributed by atoms with Crippen LogP contribution in [-0.4, -0.2) is 61.4 Å². The fourth-order valence-corrected chi connectivity index (χ4v) is 3.66. The summed E-state index contributed by atoms with van der Waals surface area (Å²) in [5.74, 6) is 0.609. The van der Waals surface area contributed by atoms with Crippen molar-refractivity contribution < 1.29 is 14.3 Å². The van der Waals surface area contributed by atoms with E-state index in [-0.39, 0.29) is 11.8 Å². The Bertz CT molecular complexity index is 853. The van der Waals surface area contributed by atoms with Gasteiger partial charge in [0.05, 0.1) is 0 Å². The van der Waals surface area contributed by atoms with Crippen molar-refractivity contribution in [3.8, 4) is 5.75 Å². The van der Waals surface area contributed by atoms with Gasteiger partial charge in [-0.05, 0) is 68.9 Å². The van der Waals surface area contributed by atoms with Crippen molar-refractivity contribution in [2.45, 2.75) is 25.4 Å². The lowest BCUT2D eigenvalue weighted by Gasteiger charge is -2.24. The summed E-state index contributed by atoms with van der Waals surface area (Å²) in [4.78, 5) is 29.3. The molecule has 1 atom stereocenters. The Morgan fingerprint density at radius 1 is 1.13 bits per heavy atom. The van der Waals surface area contributed by atoms with Gasteiger partial charge >= 0.3 is 0 Å². The van der Waals surface area contributed by atoms with Gasteiger partial charge in [-0.1, -0.05) is 28.1 Å². The van der Waals surface area contributed by atoms with Gasteiger partial charge in [-0.3, -0.25) is 9.59 Å². The Kier molecular flexibility index (Phi) is 7.87. The maximum absolute atomic E-state index is 12.8. The predicted molar refractivity (Wildman–Crippen MR) is 121 cm³/mol. The van der Waals surface area contributed by atoms with E-state index < -0.39 is 6.04 Å². The molecule has 0 radical (unpaired) electrons. The second-order valence-corrected chi connectivity index (χ2v) is 8.59. The number of carbonyl (C=O) groups is 2. The number of nitrogens with zero attached hydrogens (tertiary/aromatic N) is 2. The molecule has 0 spiro atoms. The average molecular weight is 474 g/mol. The SMILES string of the molecule is CN(C)CCOc1ccc(CNC(=O)C2CCCN2C(=O)c2ccc(Br)cc2)cc1. The normalized spacial score (nSPS) is 16.0. The first kappa shape index (κ1) is 22.3. The molecule has 2 aromatic rings. The molecule has 160 valence electrons. The minimum atomic E-state index is -0.421. The molecule has 1 N–H and O–H groups in total. The van der Waals surface area contributed by atoms with Crippen molar-refractivity contribution in [2.24, 2.45) is 0 Å². The molecule has 30 heavy (non-hydrogen) atoms. The van der Waals surface area contributed by atoms with Crippen LogP contribution in [0.3, 0.4) is 0 Å². The maximum Gasteiger partial charge on any atom is 0.254 e. The summed E-state index contributed by atoms with van der Waals surface area (Å²) in [6, 6.07) is 14.5. The fraction of sp³-hybridized carbons (Fsp3) is 0.391. The highest BCUT2D eigenvalue weighted by atomic mass is 79.9. The smallest absolute Gasteiger partial charge is 0.254 e. The van der Waals surface area contributed by atoms with Crippen LogP contribution < -0.4 is 10.1 Å². The molecule has 0 saturated carbocycles. The summed E-state index contributed by atoms with van der Waals surface area (Å²) < 4.78 is 6.61. The number of carbonyl (C=O) groups excluding carboxylic acids is 2. The molecule has 1 unspecified atom stereocenters. The molecule has 0 bridgehead atoms. The summed E-state index contributed by atoms with van der Waals surface area (Å²) in [5.41, 5.74) is 1.59. The van der Waals surface area contributed by atoms with Crippen molar-refractivity contribution >= 4 is 27.7 Å². The van der Waals surface area contributed by atoms with E-state index >= 15 is 0 Å². The molecule has 1 aliphatic heterocycles. The molecule has 1 saturated heterocycles.